The van der Waals surface area contributed by atoms with Crippen LogP contribution in [0.4, 0.5) is 0 Å². The van der Waals surface area contributed by atoms with E-state index in [1.54, 1.807) is 0 Å². The van der Waals surface area contributed by atoms with Gasteiger partial charge in [-0.2, -0.15) is 0 Å². The highest BCUT2D eigenvalue weighted by atomic mass is 127. The van der Waals surface area contributed by atoms with E-state index >= 15 is 0 Å². The zero-order chi connectivity index (χ0) is 14.8. The molecule has 1 aliphatic rings. The Kier molecular flexibility index (Phi) is 5.72. The standard InChI is InChI=1S/C17H24N4.HI/c1-3-12-5-4-6-15-13(11-20-16(12)15)9-10-19-17(18)21(2)14-7-8-14;/h4-6,11,14,20H,3,7-10H2,1-2H3,(H2,18,19);1H. The maximum Gasteiger partial charge on any atom is 0.191 e. The first kappa shape index (κ1) is 17.1. The molecule has 0 aliphatic heterocycles. The lowest BCUT2D eigenvalue weighted by atomic mass is 10.1. The van der Waals surface area contributed by atoms with Crippen LogP contribution in [0.5, 0.6) is 0 Å². The van der Waals surface area contributed by atoms with Gasteiger partial charge in [0.05, 0.1) is 0 Å². The molecular weight excluding hydrogens is 387 g/mol. The van der Waals surface area contributed by atoms with Gasteiger partial charge in [-0.1, -0.05) is 25.1 Å². The Morgan fingerprint density at radius 1 is 1.36 bits per heavy atom. The van der Waals surface area contributed by atoms with Crippen molar-refractivity contribution >= 4 is 40.8 Å². The van der Waals surface area contributed by atoms with Crippen molar-refractivity contribution in [2.45, 2.75) is 38.6 Å². The predicted octanol–water partition coefficient (Wildman–Crippen LogP) is 3.30. The molecule has 0 radical (unpaired) electrons. The third-order valence-electron chi connectivity index (χ3n) is 4.38. The highest BCUT2D eigenvalue weighted by molar-refractivity contribution is 14.0. The van der Waals surface area contributed by atoms with Crippen molar-refractivity contribution in [3.05, 3.63) is 35.5 Å². The number of rotatable bonds is 5. The molecule has 2 aromatic rings. The fraction of sp³-hybridized carbons (Fsp3) is 0.471. The van der Waals surface area contributed by atoms with Crippen LogP contribution in [0.1, 0.15) is 30.9 Å². The summed E-state index contributed by atoms with van der Waals surface area (Å²) in [7, 11) is 2.04. The number of aromatic nitrogens is 1. The summed E-state index contributed by atoms with van der Waals surface area (Å²) in [5, 5.41) is 1.32. The molecule has 1 saturated carbocycles. The van der Waals surface area contributed by atoms with Crippen LogP contribution in [0.15, 0.2) is 29.4 Å². The number of hydrogen-bond acceptors (Lipinski definition) is 1. The Balaban J connectivity index is 0.00000176. The molecule has 1 fully saturated rings. The van der Waals surface area contributed by atoms with Crippen molar-refractivity contribution in [1.82, 2.24) is 9.88 Å². The van der Waals surface area contributed by atoms with Crippen molar-refractivity contribution in [1.29, 1.82) is 0 Å². The Bertz CT molecular complexity index is 658. The Morgan fingerprint density at radius 2 is 2.14 bits per heavy atom. The van der Waals surface area contributed by atoms with E-state index in [0.717, 1.165) is 19.4 Å². The largest absolute Gasteiger partial charge is 0.370 e. The lowest BCUT2D eigenvalue weighted by Gasteiger charge is -2.16. The number of aliphatic imine (C=N–C) groups is 1. The molecule has 1 aliphatic carbocycles. The quantitative estimate of drug-likeness (QED) is 0.450. The van der Waals surface area contributed by atoms with Gasteiger partial charge < -0.3 is 15.6 Å². The summed E-state index contributed by atoms with van der Waals surface area (Å²) in [6, 6.07) is 7.12. The lowest BCUT2D eigenvalue weighted by molar-refractivity contribution is 0.487. The molecule has 0 bridgehead atoms. The van der Waals surface area contributed by atoms with E-state index in [-0.39, 0.29) is 24.0 Å². The molecule has 0 atom stereocenters. The molecule has 120 valence electrons. The van der Waals surface area contributed by atoms with Gasteiger partial charge in [-0.25, -0.2) is 0 Å². The number of nitrogens with two attached hydrogens (primary N) is 1. The van der Waals surface area contributed by atoms with Gasteiger partial charge >= 0.3 is 0 Å². The minimum Gasteiger partial charge on any atom is -0.370 e. The second-order valence-electron chi connectivity index (χ2n) is 5.84. The van der Waals surface area contributed by atoms with Crippen LogP contribution in [0.3, 0.4) is 0 Å². The SMILES string of the molecule is CCc1cccc2c(CCN=C(N)N(C)C3CC3)c[nH]c12.I. The van der Waals surface area contributed by atoms with Crippen molar-refractivity contribution in [3.63, 3.8) is 0 Å². The fourth-order valence-corrected chi connectivity index (χ4v) is 2.83. The van der Waals surface area contributed by atoms with Crippen LogP contribution < -0.4 is 5.73 Å². The molecule has 3 rings (SSSR count). The van der Waals surface area contributed by atoms with Gasteiger partial charge in [-0.15, -0.1) is 24.0 Å². The van der Waals surface area contributed by atoms with Gasteiger partial charge in [0.2, 0.25) is 0 Å². The van der Waals surface area contributed by atoms with Crippen LogP contribution in [0.2, 0.25) is 0 Å². The van der Waals surface area contributed by atoms with Crippen molar-refractivity contribution < 1.29 is 0 Å². The number of H-pyrrole nitrogens is 1. The van der Waals surface area contributed by atoms with Gasteiger partial charge in [-0.3, -0.25) is 4.99 Å². The van der Waals surface area contributed by atoms with E-state index in [1.807, 2.05) is 7.05 Å². The summed E-state index contributed by atoms with van der Waals surface area (Å²) in [4.78, 5) is 10.0. The number of nitrogens with zero attached hydrogens (tertiary/aromatic N) is 2. The lowest BCUT2D eigenvalue weighted by Crippen LogP contribution is -2.35. The second kappa shape index (κ2) is 7.35. The zero-order valence-corrected chi connectivity index (χ0v) is 15.6. The summed E-state index contributed by atoms with van der Waals surface area (Å²) >= 11 is 0. The number of hydrogen-bond donors (Lipinski definition) is 2. The summed E-state index contributed by atoms with van der Waals surface area (Å²) in [5.74, 6) is 0.673. The van der Waals surface area contributed by atoms with E-state index in [1.165, 1.54) is 34.9 Å². The molecule has 5 heteroatoms. The topological polar surface area (TPSA) is 57.4 Å². The molecule has 0 amide bonds. The number of benzene rings is 1. The monoisotopic (exact) mass is 412 g/mol. The molecule has 1 heterocycles. The number of fused-ring (bicyclic) bond motifs is 1. The molecule has 0 spiro atoms. The molecule has 1 aromatic heterocycles. The van der Waals surface area contributed by atoms with Crippen molar-refractivity contribution in [2.75, 3.05) is 13.6 Å². The fourth-order valence-electron chi connectivity index (χ4n) is 2.83. The van der Waals surface area contributed by atoms with Crippen LogP contribution in [0, 0.1) is 0 Å². The molecule has 0 unspecified atom stereocenters. The van der Waals surface area contributed by atoms with E-state index in [4.69, 9.17) is 5.73 Å². The van der Waals surface area contributed by atoms with E-state index in [9.17, 15) is 0 Å². The normalized spacial score (nSPS) is 14.9. The zero-order valence-electron chi connectivity index (χ0n) is 13.3. The average molecular weight is 412 g/mol. The second-order valence-corrected chi connectivity index (χ2v) is 5.84. The Morgan fingerprint density at radius 3 is 2.82 bits per heavy atom. The highest BCUT2D eigenvalue weighted by Crippen LogP contribution is 2.25. The van der Waals surface area contributed by atoms with E-state index in [0.29, 0.717) is 12.0 Å². The molecule has 3 N–H and O–H groups in total. The minimum absolute atomic E-state index is 0. The highest BCUT2D eigenvalue weighted by Gasteiger charge is 2.27. The number of para-hydroxylation sites is 1. The Labute approximate surface area is 149 Å². The third-order valence-corrected chi connectivity index (χ3v) is 4.38. The van der Waals surface area contributed by atoms with Gasteiger partial charge in [0.25, 0.3) is 0 Å². The summed E-state index contributed by atoms with van der Waals surface area (Å²) < 4.78 is 0. The molecular formula is C17H25IN4. The van der Waals surface area contributed by atoms with Crippen molar-refractivity contribution in [3.8, 4) is 0 Å². The average Bonchev–Trinajstić information content (AvgIpc) is 3.27. The van der Waals surface area contributed by atoms with Crippen molar-refractivity contribution in [2.24, 2.45) is 10.7 Å². The van der Waals surface area contributed by atoms with E-state index < -0.39 is 0 Å². The van der Waals surface area contributed by atoms with Crippen LogP contribution >= 0.6 is 24.0 Å². The van der Waals surface area contributed by atoms with Gasteiger partial charge in [0, 0.05) is 36.7 Å². The smallest absolute Gasteiger partial charge is 0.191 e. The Hall–Kier alpha value is -1.24. The summed E-state index contributed by atoms with van der Waals surface area (Å²) in [6.45, 7) is 2.93. The van der Waals surface area contributed by atoms with Gasteiger partial charge in [0.1, 0.15) is 0 Å². The first-order valence-electron chi connectivity index (χ1n) is 7.81. The number of nitrogens with one attached hydrogen (secondary N) is 1. The minimum atomic E-state index is 0. The maximum absolute atomic E-state index is 6.02. The van der Waals surface area contributed by atoms with Crippen LogP contribution in [0.25, 0.3) is 10.9 Å². The molecule has 0 saturated heterocycles. The number of aryl methyl sites for hydroxylation is 1. The molecule has 1 aromatic carbocycles. The number of aromatic amines is 1. The summed E-state index contributed by atoms with van der Waals surface area (Å²) in [6.07, 6.45) is 6.57. The van der Waals surface area contributed by atoms with Gasteiger partial charge in [0.15, 0.2) is 5.96 Å². The van der Waals surface area contributed by atoms with Gasteiger partial charge in [-0.05, 0) is 36.8 Å². The number of halogens is 1. The number of guanidine groups is 1. The maximum atomic E-state index is 6.02. The third kappa shape index (κ3) is 3.56. The summed E-state index contributed by atoms with van der Waals surface area (Å²) in [5.41, 5.74) is 9.99. The predicted molar refractivity (Wildman–Crippen MR) is 104 cm³/mol. The van der Waals surface area contributed by atoms with E-state index in [2.05, 4.69) is 46.2 Å². The first-order valence-corrected chi connectivity index (χ1v) is 7.81. The first-order chi connectivity index (χ1) is 10.2. The molecule has 22 heavy (non-hydrogen) atoms. The molecule has 4 nitrogen and oxygen atoms in total. The van der Waals surface area contributed by atoms with Crippen LogP contribution in [-0.4, -0.2) is 35.5 Å². The van der Waals surface area contributed by atoms with Crippen LogP contribution in [-0.2, 0) is 12.8 Å².